The molecule has 142 valence electrons. The minimum Gasteiger partial charge on any atom is -0.326 e. The molecule has 1 fully saturated rings. The molecule has 27 heavy (non-hydrogen) atoms. The van der Waals surface area contributed by atoms with Gasteiger partial charge in [-0.05, 0) is 73.1 Å². The summed E-state index contributed by atoms with van der Waals surface area (Å²) in [6.45, 7) is 1.17. The average molecular weight is 385 g/mol. The minimum atomic E-state index is -3.42. The molecule has 0 atom stereocenters. The topological polar surface area (TPSA) is 66.5 Å². The van der Waals surface area contributed by atoms with Crippen molar-refractivity contribution in [3.05, 3.63) is 59.2 Å². The Balaban J connectivity index is 1.40. The van der Waals surface area contributed by atoms with Crippen LogP contribution in [-0.2, 0) is 34.1 Å². The number of fused-ring (bicyclic) bond motifs is 1. The van der Waals surface area contributed by atoms with Gasteiger partial charge in [-0.15, -0.1) is 0 Å². The van der Waals surface area contributed by atoms with Crippen LogP contribution in [0, 0.1) is 0 Å². The van der Waals surface area contributed by atoms with E-state index >= 15 is 0 Å². The van der Waals surface area contributed by atoms with E-state index in [1.165, 1.54) is 21.9 Å². The summed E-state index contributed by atoms with van der Waals surface area (Å²) in [5.41, 5.74) is 4.38. The largest absolute Gasteiger partial charge is 0.326 e. The van der Waals surface area contributed by atoms with Gasteiger partial charge in [-0.25, -0.2) is 8.42 Å². The highest BCUT2D eigenvalue weighted by atomic mass is 32.2. The normalized spacial score (nSPS) is 17.0. The van der Waals surface area contributed by atoms with Crippen molar-refractivity contribution in [3.63, 3.8) is 0 Å². The monoisotopic (exact) mass is 384 g/mol. The Morgan fingerprint density at radius 2 is 1.63 bits per heavy atom. The molecular formula is C21H24N2O3S. The number of carbonyl (C=O) groups is 1. The predicted molar refractivity (Wildman–Crippen MR) is 105 cm³/mol. The quantitative estimate of drug-likeness (QED) is 0.861. The molecule has 0 bridgehead atoms. The molecule has 2 aliphatic rings. The van der Waals surface area contributed by atoms with E-state index in [4.69, 9.17) is 0 Å². The van der Waals surface area contributed by atoms with Gasteiger partial charge in [0, 0.05) is 18.8 Å². The number of nitrogens with one attached hydrogen (secondary N) is 1. The molecule has 1 aliphatic carbocycles. The molecule has 1 aliphatic heterocycles. The lowest BCUT2D eigenvalue weighted by molar-refractivity contribution is -0.115. The highest BCUT2D eigenvalue weighted by molar-refractivity contribution is 7.89. The lowest BCUT2D eigenvalue weighted by atomic mass is 10.0. The molecule has 5 nitrogen and oxygen atoms in total. The van der Waals surface area contributed by atoms with Crippen molar-refractivity contribution in [2.45, 2.75) is 43.4 Å². The standard InChI is InChI=1S/C21H24N2O3S/c24-21(15-16-6-7-17-4-3-5-18(17)14-16)22-19-8-10-20(11-9-19)27(25,26)23-12-1-2-13-23/h6-11,14H,1-5,12-13,15H2,(H,22,24). The van der Waals surface area contributed by atoms with Gasteiger partial charge in [0.1, 0.15) is 0 Å². The predicted octanol–water partition coefficient (Wildman–Crippen LogP) is 3.14. The Bertz CT molecular complexity index is 946. The van der Waals surface area contributed by atoms with Gasteiger partial charge in [-0.2, -0.15) is 4.31 Å². The van der Waals surface area contributed by atoms with Crippen LogP contribution in [-0.4, -0.2) is 31.7 Å². The maximum Gasteiger partial charge on any atom is 0.243 e. The minimum absolute atomic E-state index is 0.0944. The molecule has 4 rings (SSSR count). The summed E-state index contributed by atoms with van der Waals surface area (Å²) >= 11 is 0. The first-order valence-electron chi connectivity index (χ1n) is 9.53. The van der Waals surface area contributed by atoms with E-state index in [1.807, 2.05) is 6.07 Å². The maximum atomic E-state index is 12.5. The third-order valence-corrected chi connectivity index (χ3v) is 7.28. The number of benzene rings is 2. The van der Waals surface area contributed by atoms with E-state index in [1.54, 1.807) is 24.3 Å². The first kappa shape index (κ1) is 18.2. The van der Waals surface area contributed by atoms with Crippen molar-refractivity contribution in [2.75, 3.05) is 18.4 Å². The third-order valence-electron chi connectivity index (χ3n) is 5.37. The molecule has 1 N–H and O–H groups in total. The highest BCUT2D eigenvalue weighted by Gasteiger charge is 2.26. The zero-order valence-electron chi connectivity index (χ0n) is 15.3. The van der Waals surface area contributed by atoms with E-state index in [0.29, 0.717) is 25.2 Å². The van der Waals surface area contributed by atoms with Gasteiger partial charge < -0.3 is 5.32 Å². The van der Waals surface area contributed by atoms with Gasteiger partial charge in [-0.3, -0.25) is 4.79 Å². The molecule has 1 heterocycles. The Labute approximate surface area is 160 Å². The molecule has 1 amide bonds. The third kappa shape index (κ3) is 3.92. The number of amides is 1. The summed E-state index contributed by atoms with van der Waals surface area (Å²) in [5, 5.41) is 2.86. The van der Waals surface area contributed by atoms with Crippen LogP contribution in [0.5, 0.6) is 0 Å². The summed E-state index contributed by atoms with van der Waals surface area (Å²) in [7, 11) is -3.42. The van der Waals surface area contributed by atoms with E-state index in [-0.39, 0.29) is 10.8 Å². The van der Waals surface area contributed by atoms with E-state index in [2.05, 4.69) is 17.4 Å². The molecule has 0 aromatic heterocycles. The Kier molecular flexibility index (Phi) is 5.02. The van der Waals surface area contributed by atoms with Crippen LogP contribution in [0.25, 0.3) is 0 Å². The SMILES string of the molecule is O=C(Cc1ccc2c(c1)CCC2)Nc1ccc(S(=O)(=O)N2CCCC2)cc1. The van der Waals surface area contributed by atoms with Crippen molar-refractivity contribution >= 4 is 21.6 Å². The second-order valence-corrected chi connectivity index (χ2v) is 9.26. The fraction of sp³-hybridized carbons (Fsp3) is 0.381. The van der Waals surface area contributed by atoms with Gasteiger partial charge >= 0.3 is 0 Å². The first-order valence-corrected chi connectivity index (χ1v) is 11.0. The number of aryl methyl sites for hydroxylation is 2. The molecule has 2 aromatic rings. The number of rotatable bonds is 5. The van der Waals surface area contributed by atoms with E-state index < -0.39 is 10.0 Å². The number of carbonyl (C=O) groups excluding carboxylic acids is 1. The smallest absolute Gasteiger partial charge is 0.243 e. The van der Waals surface area contributed by atoms with Gasteiger partial charge in [0.05, 0.1) is 11.3 Å². The summed E-state index contributed by atoms with van der Waals surface area (Å²) < 4.78 is 26.6. The Hall–Kier alpha value is -2.18. The zero-order valence-corrected chi connectivity index (χ0v) is 16.1. The van der Waals surface area contributed by atoms with Crippen LogP contribution in [0.4, 0.5) is 5.69 Å². The van der Waals surface area contributed by atoms with Crippen LogP contribution < -0.4 is 5.32 Å². The van der Waals surface area contributed by atoms with Crippen molar-refractivity contribution < 1.29 is 13.2 Å². The molecule has 2 aromatic carbocycles. The highest BCUT2D eigenvalue weighted by Crippen LogP contribution is 2.24. The second-order valence-electron chi connectivity index (χ2n) is 7.32. The molecule has 6 heteroatoms. The number of sulfonamides is 1. The lowest BCUT2D eigenvalue weighted by Crippen LogP contribution is -2.27. The number of anilines is 1. The van der Waals surface area contributed by atoms with Crippen LogP contribution in [0.15, 0.2) is 47.4 Å². The number of hydrogen-bond donors (Lipinski definition) is 1. The van der Waals surface area contributed by atoms with Crippen molar-refractivity contribution in [1.82, 2.24) is 4.31 Å². The summed E-state index contributed by atoms with van der Waals surface area (Å²) in [4.78, 5) is 12.6. The van der Waals surface area contributed by atoms with Crippen LogP contribution in [0.1, 0.15) is 36.0 Å². The lowest BCUT2D eigenvalue weighted by Gasteiger charge is -2.15. The van der Waals surface area contributed by atoms with Crippen molar-refractivity contribution in [2.24, 2.45) is 0 Å². The number of nitrogens with zero attached hydrogens (tertiary/aromatic N) is 1. The van der Waals surface area contributed by atoms with E-state index in [9.17, 15) is 13.2 Å². The van der Waals surface area contributed by atoms with E-state index in [0.717, 1.165) is 31.2 Å². The van der Waals surface area contributed by atoms with Crippen LogP contribution in [0.2, 0.25) is 0 Å². The summed E-state index contributed by atoms with van der Waals surface area (Å²) in [6.07, 6.45) is 5.57. The Morgan fingerprint density at radius 3 is 2.37 bits per heavy atom. The van der Waals surface area contributed by atoms with Gasteiger partial charge in [0.15, 0.2) is 0 Å². The maximum absolute atomic E-state index is 12.5. The van der Waals surface area contributed by atoms with Crippen LogP contribution in [0.3, 0.4) is 0 Å². The molecular weight excluding hydrogens is 360 g/mol. The van der Waals surface area contributed by atoms with Crippen molar-refractivity contribution in [1.29, 1.82) is 0 Å². The van der Waals surface area contributed by atoms with Crippen LogP contribution >= 0.6 is 0 Å². The molecule has 1 saturated heterocycles. The molecule has 0 radical (unpaired) electrons. The second kappa shape index (κ2) is 7.44. The summed E-state index contributed by atoms with van der Waals surface area (Å²) in [5.74, 6) is -0.0944. The van der Waals surface area contributed by atoms with Crippen molar-refractivity contribution in [3.8, 4) is 0 Å². The molecule has 0 unspecified atom stereocenters. The average Bonchev–Trinajstić information content (AvgIpc) is 3.34. The molecule has 0 spiro atoms. The molecule has 0 saturated carbocycles. The Morgan fingerprint density at radius 1 is 0.926 bits per heavy atom. The fourth-order valence-electron chi connectivity index (χ4n) is 3.91. The number of hydrogen-bond acceptors (Lipinski definition) is 3. The van der Waals surface area contributed by atoms with Gasteiger partial charge in [0.25, 0.3) is 0 Å². The van der Waals surface area contributed by atoms with Gasteiger partial charge in [0.2, 0.25) is 15.9 Å². The van der Waals surface area contributed by atoms with Gasteiger partial charge in [-0.1, -0.05) is 18.2 Å². The zero-order chi connectivity index (χ0) is 18.9. The fourth-order valence-corrected chi connectivity index (χ4v) is 5.43. The first-order chi connectivity index (χ1) is 13.0. The summed E-state index contributed by atoms with van der Waals surface area (Å²) in [6, 6.07) is 12.7.